The zero-order valence-corrected chi connectivity index (χ0v) is 10.7. The van der Waals surface area contributed by atoms with Gasteiger partial charge in [0.15, 0.2) is 0 Å². The van der Waals surface area contributed by atoms with E-state index in [4.69, 9.17) is 5.11 Å². The average Bonchev–Trinajstić information content (AvgIpc) is 2.71. The van der Waals surface area contributed by atoms with Crippen LogP contribution in [0.15, 0.2) is 0 Å². The SMILES string of the molecule is Cc1nc(CCO)sc1C(=O)N1CCNCC1. The van der Waals surface area contributed by atoms with Crippen molar-refractivity contribution in [1.82, 2.24) is 15.2 Å². The van der Waals surface area contributed by atoms with Gasteiger partial charge >= 0.3 is 0 Å². The first-order chi connectivity index (χ1) is 8.22. The molecule has 1 aromatic heterocycles. The molecule has 17 heavy (non-hydrogen) atoms. The van der Waals surface area contributed by atoms with Gasteiger partial charge in [-0.2, -0.15) is 0 Å². The highest BCUT2D eigenvalue weighted by Gasteiger charge is 2.22. The number of amides is 1. The van der Waals surface area contributed by atoms with E-state index in [1.807, 2.05) is 11.8 Å². The molecule has 0 aromatic carbocycles. The summed E-state index contributed by atoms with van der Waals surface area (Å²) in [4.78, 5) is 19.1. The van der Waals surface area contributed by atoms with Crippen LogP contribution in [0, 0.1) is 6.92 Å². The number of aliphatic hydroxyl groups excluding tert-OH is 1. The summed E-state index contributed by atoms with van der Waals surface area (Å²) in [6, 6.07) is 0. The van der Waals surface area contributed by atoms with Crippen molar-refractivity contribution in [2.75, 3.05) is 32.8 Å². The van der Waals surface area contributed by atoms with E-state index in [0.29, 0.717) is 6.42 Å². The van der Waals surface area contributed by atoms with E-state index in [1.54, 1.807) is 0 Å². The van der Waals surface area contributed by atoms with Crippen molar-refractivity contribution in [3.63, 3.8) is 0 Å². The standard InChI is InChI=1S/C11H17N3O2S/c1-8-10(17-9(13-8)2-7-15)11(16)14-5-3-12-4-6-14/h12,15H,2-7H2,1H3. The van der Waals surface area contributed by atoms with E-state index in [2.05, 4.69) is 10.3 Å². The molecule has 2 heterocycles. The molecule has 1 saturated heterocycles. The van der Waals surface area contributed by atoms with Gasteiger partial charge in [0.2, 0.25) is 0 Å². The number of carbonyl (C=O) groups is 1. The van der Waals surface area contributed by atoms with Gasteiger partial charge in [0, 0.05) is 39.2 Å². The first-order valence-electron chi connectivity index (χ1n) is 5.79. The Balaban J connectivity index is 2.12. The molecule has 2 rings (SSSR count). The minimum atomic E-state index is 0.0747. The number of hydrogen-bond acceptors (Lipinski definition) is 5. The molecule has 1 amide bonds. The van der Waals surface area contributed by atoms with Gasteiger partial charge in [-0.05, 0) is 6.92 Å². The summed E-state index contributed by atoms with van der Waals surface area (Å²) in [5.41, 5.74) is 0.780. The quantitative estimate of drug-likeness (QED) is 0.800. The van der Waals surface area contributed by atoms with Gasteiger partial charge in [0.1, 0.15) is 4.88 Å². The first-order valence-corrected chi connectivity index (χ1v) is 6.61. The fourth-order valence-electron chi connectivity index (χ4n) is 1.86. The molecule has 2 N–H and O–H groups in total. The second-order valence-electron chi connectivity index (χ2n) is 4.04. The Morgan fingerprint density at radius 3 is 2.88 bits per heavy atom. The molecule has 6 heteroatoms. The van der Waals surface area contributed by atoms with Gasteiger partial charge in [-0.25, -0.2) is 4.98 Å². The lowest BCUT2D eigenvalue weighted by Crippen LogP contribution is -2.46. The van der Waals surface area contributed by atoms with Crippen molar-refractivity contribution in [2.45, 2.75) is 13.3 Å². The lowest BCUT2D eigenvalue weighted by Gasteiger charge is -2.27. The van der Waals surface area contributed by atoms with Crippen LogP contribution in [0.5, 0.6) is 0 Å². The number of hydrogen-bond donors (Lipinski definition) is 2. The number of aryl methyl sites for hydroxylation is 1. The zero-order valence-electron chi connectivity index (χ0n) is 9.90. The molecular weight excluding hydrogens is 238 g/mol. The third-order valence-electron chi connectivity index (χ3n) is 2.77. The third-order valence-corrected chi connectivity index (χ3v) is 3.97. The summed E-state index contributed by atoms with van der Waals surface area (Å²) >= 11 is 1.40. The largest absolute Gasteiger partial charge is 0.396 e. The molecule has 0 aliphatic carbocycles. The van der Waals surface area contributed by atoms with E-state index in [9.17, 15) is 4.79 Å². The van der Waals surface area contributed by atoms with Crippen molar-refractivity contribution in [3.05, 3.63) is 15.6 Å². The van der Waals surface area contributed by atoms with Crippen LogP contribution in [0.4, 0.5) is 0 Å². The van der Waals surface area contributed by atoms with E-state index < -0.39 is 0 Å². The van der Waals surface area contributed by atoms with Crippen molar-refractivity contribution < 1.29 is 9.90 Å². The number of nitrogens with zero attached hydrogens (tertiary/aromatic N) is 2. The maximum Gasteiger partial charge on any atom is 0.265 e. The number of aliphatic hydroxyl groups is 1. The van der Waals surface area contributed by atoms with Crippen molar-refractivity contribution in [2.24, 2.45) is 0 Å². The topological polar surface area (TPSA) is 65.5 Å². The number of carbonyl (C=O) groups excluding carboxylic acids is 1. The summed E-state index contributed by atoms with van der Waals surface area (Å²) < 4.78 is 0. The molecule has 0 atom stereocenters. The van der Waals surface area contributed by atoms with Crippen LogP contribution >= 0.6 is 11.3 Å². The average molecular weight is 255 g/mol. The maximum atomic E-state index is 12.2. The van der Waals surface area contributed by atoms with Gasteiger partial charge in [-0.15, -0.1) is 11.3 Å². The Morgan fingerprint density at radius 1 is 1.53 bits per heavy atom. The third kappa shape index (κ3) is 2.83. The number of aromatic nitrogens is 1. The monoisotopic (exact) mass is 255 g/mol. The number of piperazine rings is 1. The highest BCUT2D eigenvalue weighted by Crippen LogP contribution is 2.20. The normalized spacial score (nSPS) is 16.2. The van der Waals surface area contributed by atoms with Crippen molar-refractivity contribution in [1.29, 1.82) is 0 Å². The van der Waals surface area contributed by atoms with Crippen LogP contribution in [0.25, 0.3) is 0 Å². The van der Waals surface area contributed by atoms with Crippen LogP contribution in [0.2, 0.25) is 0 Å². The lowest BCUT2D eigenvalue weighted by molar-refractivity contribution is 0.0739. The first kappa shape index (κ1) is 12.5. The Hall–Kier alpha value is -0.980. The van der Waals surface area contributed by atoms with Crippen LogP contribution in [-0.2, 0) is 6.42 Å². The zero-order chi connectivity index (χ0) is 12.3. The second kappa shape index (κ2) is 5.57. The fourth-order valence-corrected chi connectivity index (χ4v) is 2.89. The molecule has 5 nitrogen and oxygen atoms in total. The minimum Gasteiger partial charge on any atom is -0.396 e. The summed E-state index contributed by atoms with van der Waals surface area (Å²) in [6.45, 7) is 5.15. The molecule has 0 saturated carbocycles. The van der Waals surface area contributed by atoms with E-state index in [1.165, 1.54) is 11.3 Å². The maximum absolute atomic E-state index is 12.2. The molecule has 0 unspecified atom stereocenters. The highest BCUT2D eigenvalue weighted by atomic mass is 32.1. The molecule has 1 aromatic rings. The van der Waals surface area contributed by atoms with Crippen LogP contribution in [0.3, 0.4) is 0 Å². The summed E-state index contributed by atoms with van der Waals surface area (Å²) in [7, 11) is 0. The van der Waals surface area contributed by atoms with Crippen LogP contribution < -0.4 is 5.32 Å². The molecule has 1 aliphatic heterocycles. The number of thiazole rings is 1. The number of rotatable bonds is 3. The lowest BCUT2D eigenvalue weighted by atomic mass is 10.3. The predicted octanol–water partition coefficient (Wildman–Crippen LogP) is 0.0317. The minimum absolute atomic E-state index is 0.0747. The van der Waals surface area contributed by atoms with Gasteiger partial charge < -0.3 is 15.3 Å². The van der Waals surface area contributed by atoms with E-state index in [0.717, 1.165) is 41.8 Å². The summed E-state index contributed by atoms with van der Waals surface area (Å²) in [5, 5.41) is 12.9. The van der Waals surface area contributed by atoms with E-state index in [-0.39, 0.29) is 12.5 Å². The molecular formula is C11H17N3O2S. The van der Waals surface area contributed by atoms with Gasteiger partial charge in [-0.3, -0.25) is 4.79 Å². The Kier molecular flexibility index (Phi) is 4.09. The van der Waals surface area contributed by atoms with E-state index >= 15 is 0 Å². The molecule has 1 aliphatic rings. The van der Waals surface area contributed by atoms with Gasteiger partial charge in [0.05, 0.1) is 10.7 Å². The highest BCUT2D eigenvalue weighted by molar-refractivity contribution is 7.13. The Morgan fingerprint density at radius 2 is 2.24 bits per heavy atom. The van der Waals surface area contributed by atoms with Crippen molar-refractivity contribution in [3.8, 4) is 0 Å². The summed E-state index contributed by atoms with van der Waals surface area (Å²) in [6.07, 6.45) is 0.528. The Labute approximate surface area is 104 Å². The van der Waals surface area contributed by atoms with Crippen LogP contribution in [0.1, 0.15) is 20.4 Å². The van der Waals surface area contributed by atoms with Crippen molar-refractivity contribution >= 4 is 17.2 Å². The molecule has 94 valence electrons. The smallest absolute Gasteiger partial charge is 0.265 e. The molecule has 1 fully saturated rings. The van der Waals surface area contributed by atoms with Crippen LogP contribution in [-0.4, -0.2) is 53.7 Å². The van der Waals surface area contributed by atoms with Gasteiger partial charge in [0.25, 0.3) is 5.91 Å². The fraction of sp³-hybridized carbons (Fsp3) is 0.636. The Bertz CT molecular complexity index is 399. The molecule has 0 radical (unpaired) electrons. The van der Waals surface area contributed by atoms with Gasteiger partial charge in [-0.1, -0.05) is 0 Å². The second-order valence-corrected chi connectivity index (χ2v) is 5.12. The summed E-state index contributed by atoms with van der Waals surface area (Å²) in [5.74, 6) is 0.0747. The number of nitrogens with one attached hydrogen (secondary N) is 1. The molecule has 0 bridgehead atoms. The predicted molar refractivity (Wildman–Crippen MR) is 66.4 cm³/mol. The molecule has 0 spiro atoms.